The van der Waals surface area contributed by atoms with Crippen LogP contribution in [0.25, 0.3) is 16.9 Å². The maximum absolute atomic E-state index is 9.20. The lowest BCUT2D eigenvalue weighted by Crippen LogP contribution is -2.00. The van der Waals surface area contributed by atoms with Crippen molar-refractivity contribution in [2.45, 2.75) is 0 Å². The van der Waals surface area contributed by atoms with Crippen molar-refractivity contribution >= 4 is 0 Å². The number of hydrogen-bond donors (Lipinski definition) is 0. The molecule has 0 aliphatic carbocycles. The zero-order valence-corrected chi connectivity index (χ0v) is 12.9. The van der Waals surface area contributed by atoms with Crippen LogP contribution in [0.1, 0.15) is 5.69 Å². The molecule has 2 aromatic carbocycles. The van der Waals surface area contributed by atoms with Crippen molar-refractivity contribution in [1.82, 2.24) is 9.78 Å². The standard InChI is InChI=1S/C18H15N3O2/c1-22-16-7-3-5-13(9-16)18-10-14(12-19)20-21(18)15-6-4-8-17(11-15)23-2/h3-11H,1-2H3. The number of hydrogen-bond acceptors (Lipinski definition) is 4. The Morgan fingerprint density at radius 3 is 2.35 bits per heavy atom. The summed E-state index contributed by atoms with van der Waals surface area (Å²) in [7, 11) is 3.24. The van der Waals surface area contributed by atoms with Crippen LogP contribution < -0.4 is 9.47 Å². The van der Waals surface area contributed by atoms with Crippen LogP contribution in [0.15, 0.2) is 54.6 Å². The Balaban J connectivity index is 2.17. The van der Waals surface area contributed by atoms with Gasteiger partial charge in [-0.15, -0.1) is 0 Å². The molecule has 0 aliphatic heterocycles. The highest BCUT2D eigenvalue weighted by molar-refractivity contribution is 5.65. The molecule has 23 heavy (non-hydrogen) atoms. The second-order valence-electron chi connectivity index (χ2n) is 4.87. The summed E-state index contributed by atoms with van der Waals surface area (Å²) in [5.74, 6) is 1.48. The third-order valence-corrected chi connectivity index (χ3v) is 3.49. The van der Waals surface area contributed by atoms with Gasteiger partial charge in [0.2, 0.25) is 0 Å². The van der Waals surface area contributed by atoms with E-state index in [0.29, 0.717) is 5.69 Å². The first-order valence-electron chi connectivity index (χ1n) is 7.04. The number of ether oxygens (including phenoxy) is 2. The largest absolute Gasteiger partial charge is 0.497 e. The first-order chi connectivity index (χ1) is 11.2. The minimum atomic E-state index is 0.352. The summed E-state index contributed by atoms with van der Waals surface area (Å²) in [5, 5.41) is 13.6. The molecule has 0 bridgehead atoms. The number of benzene rings is 2. The van der Waals surface area contributed by atoms with Gasteiger partial charge in [0.25, 0.3) is 0 Å². The van der Waals surface area contributed by atoms with Gasteiger partial charge in [0.15, 0.2) is 5.69 Å². The smallest absolute Gasteiger partial charge is 0.163 e. The topological polar surface area (TPSA) is 60.1 Å². The SMILES string of the molecule is COc1cccc(-c2cc(C#N)nn2-c2cccc(OC)c2)c1. The average Bonchev–Trinajstić information content (AvgIpc) is 3.06. The molecular formula is C18H15N3O2. The van der Waals surface area contributed by atoms with Crippen LogP contribution in [0.3, 0.4) is 0 Å². The lowest BCUT2D eigenvalue weighted by molar-refractivity contribution is 0.414. The number of nitrogens with zero attached hydrogens (tertiary/aromatic N) is 3. The number of methoxy groups -OCH3 is 2. The van der Waals surface area contributed by atoms with Crippen molar-refractivity contribution in [3.8, 4) is 34.5 Å². The monoisotopic (exact) mass is 305 g/mol. The van der Waals surface area contributed by atoms with Crippen LogP contribution in [-0.4, -0.2) is 24.0 Å². The molecule has 114 valence electrons. The van der Waals surface area contributed by atoms with E-state index in [1.54, 1.807) is 25.0 Å². The summed E-state index contributed by atoms with van der Waals surface area (Å²) in [5.41, 5.74) is 2.91. The molecule has 0 fully saturated rings. The molecule has 1 heterocycles. The lowest BCUT2D eigenvalue weighted by atomic mass is 10.1. The van der Waals surface area contributed by atoms with Gasteiger partial charge in [-0.1, -0.05) is 18.2 Å². The quantitative estimate of drug-likeness (QED) is 0.741. The van der Waals surface area contributed by atoms with E-state index in [-0.39, 0.29) is 0 Å². The molecule has 0 saturated carbocycles. The van der Waals surface area contributed by atoms with Gasteiger partial charge >= 0.3 is 0 Å². The minimum absolute atomic E-state index is 0.352. The van der Waals surface area contributed by atoms with E-state index >= 15 is 0 Å². The van der Waals surface area contributed by atoms with Gasteiger partial charge in [-0.2, -0.15) is 10.4 Å². The fourth-order valence-electron chi connectivity index (χ4n) is 2.36. The third kappa shape index (κ3) is 2.87. The van der Waals surface area contributed by atoms with E-state index in [2.05, 4.69) is 11.2 Å². The highest BCUT2D eigenvalue weighted by Gasteiger charge is 2.12. The van der Waals surface area contributed by atoms with Gasteiger partial charge < -0.3 is 9.47 Å². The molecule has 0 atom stereocenters. The van der Waals surface area contributed by atoms with Gasteiger partial charge in [0.05, 0.1) is 25.6 Å². The zero-order chi connectivity index (χ0) is 16.2. The Morgan fingerprint density at radius 2 is 1.65 bits per heavy atom. The molecule has 3 rings (SSSR count). The van der Waals surface area contributed by atoms with Crippen LogP contribution in [0.2, 0.25) is 0 Å². The van der Waals surface area contributed by atoms with Crippen LogP contribution >= 0.6 is 0 Å². The second-order valence-corrected chi connectivity index (χ2v) is 4.87. The molecular weight excluding hydrogens is 290 g/mol. The van der Waals surface area contributed by atoms with Crippen molar-refractivity contribution in [2.75, 3.05) is 14.2 Å². The molecule has 0 spiro atoms. The Hall–Kier alpha value is -3.26. The van der Waals surface area contributed by atoms with Gasteiger partial charge in [-0.05, 0) is 24.3 Å². The van der Waals surface area contributed by atoms with Crippen LogP contribution in [0.4, 0.5) is 0 Å². The molecule has 0 unspecified atom stereocenters. The molecule has 0 N–H and O–H groups in total. The summed E-state index contributed by atoms with van der Waals surface area (Å²) in [6.45, 7) is 0. The van der Waals surface area contributed by atoms with Crippen molar-refractivity contribution in [2.24, 2.45) is 0 Å². The Bertz CT molecular complexity index is 813. The lowest BCUT2D eigenvalue weighted by Gasteiger charge is -2.10. The Kier molecular flexibility index (Phi) is 3.98. The summed E-state index contributed by atoms with van der Waals surface area (Å²) in [6.07, 6.45) is 0. The zero-order valence-electron chi connectivity index (χ0n) is 12.9. The molecule has 5 nitrogen and oxygen atoms in total. The first-order valence-corrected chi connectivity index (χ1v) is 7.04. The van der Waals surface area contributed by atoms with Crippen molar-refractivity contribution in [3.63, 3.8) is 0 Å². The number of rotatable bonds is 4. The number of aromatic nitrogens is 2. The van der Waals surface area contributed by atoms with E-state index in [4.69, 9.17) is 9.47 Å². The highest BCUT2D eigenvalue weighted by atomic mass is 16.5. The summed E-state index contributed by atoms with van der Waals surface area (Å²) < 4.78 is 12.3. The van der Waals surface area contributed by atoms with Crippen LogP contribution in [0, 0.1) is 11.3 Å². The summed E-state index contributed by atoms with van der Waals surface area (Å²) in [4.78, 5) is 0. The van der Waals surface area contributed by atoms with Crippen molar-refractivity contribution < 1.29 is 9.47 Å². The van der Waals surface area contributed by atoms with E-state index < -0.39 is 0 Å². The van der Waals surface area contributed by atoms with Crippen LogP contribution in [0.5, 0.6) is 11.5 Å². The number of nitriles is 1. The molecule has 0 aliphatic rings. The van der Waals surface area contributed by atoms with E-state index in [1.165, 1.54) is 0 Å². The maximum Gasteiger partial charge on any atom is 0.163 e. The predicted molar refractivity (Wildman–Crippen MR) is 86.8 cm³/mol. The van der Waals surface area contributed by atoms with Crippen LogP contribution in [-0.2, 0) is 0 Å². The van der Waals surface area contributed by atoms with Gasteiger partial charge in [0, 0.05) is 17.7 Å². The second kappa shape index (κ2) is 6.24. The van der Waals surface area contributed by atoms with Crippen molar-refractivity contribution in [1.29, 1.82) is 5.26 Å². The highest BCUT2D eigenvalue weighted by Crippen LogP contribution is 2.28. The third-order valence-electron chi connectivity index (χ3n) is 3.49. The molecule has 1 aromatic heterocycles. The Morgan fingerprint density at radius 1 is 0.957 bits per heavy atom. The molecule has 3 aromatic rings. The fraction of sp³-hybridized carbons (Fsp3) is 0.111. The van der Waals surface area contributed by atoms with E-state index in [1.807, 2.05) is 48.5 Å². The average molecular weight is 305 g/mol. The fourth-order valence-corrected chi connectivity index (χ4v) is 2.36. The first kappa shape index (κ1) is 14.7. The molecule has 0 amide bonds. The minimum Gasteiger partial charge on any atom is -0.497 e. The Labute approximate surface area is 134 Å². The predicted octanol–water partition coefficient (Wildman–Crippen LogP) is 3.43. The summed E-state index contributed by atoms with van der Waals surface area (Å²) >= 11 is 0. The van der Waals surface area contributed by atoms with E-state index in [9.17, 15) is 5.26 Å². The van der Waals surface area contributed by atoms with Crippen molar-refractivity contribution in [3.05, 3.63) is 60.3 Å². The normalized spacial score (nSPS) is 10.1. The summed E-state index contributed by atoms with van der Waals surface area (Å²) in [6, 6.07) is 19.0. The molecule has 0 saturated heterocycles. The molecule has 5 heteroatoms. The van der Waals surface area contributed by atoms with Gasteiger partial charge in [0.1, 0.15) is 17.6 Å². The van der Waals surface area contributed by atoms with Gasteiger partial charge in [-0.3, -0.25) is 0 Å². The van der Waals surface area contributed by atoms with Gasteiger partial charge in [-0.25, -0.2) is 4.68 Å². The molecule has 0 radical (unpaired) electrons. The maximum atomic E-state index is 9.20. The van der Waals surface area contributed by atoms with E-state index in [0.717, 1.165) is 28.4 Å².